The van der Waals surface area contributed by atoms with Gasteiger partial charge >= 0.3 is 0 Å². The van der Waals surface area contributed by atoms with Gasteiger partial charge in [-0.25, -0.2) is 8.42 Å². The van der Waals surface area contributed by atoms with Crippen LogP contribution in [-0.2, 0) is 29.2 Å². The number of anilines is 1. The zero-order valence-electron chi connectivity index (χ0n) is 24.9. The predicted octanol–water partition coefficient (Wildman–Crippen LogP) is -1.17. The molecule has 0 bridgehead atoms. The fraction of sp³-hybridized carbons (Fsp3) is 0.464. The van der Waals surface area contributed by atoms with Gasteiger partial charge in [0.1, 0.15) is 18.1 Å². The van der Waals surface area contributed by atoms with Crippen molar-refractivity contribution in [1.29, 1.82) is 0 Å². The SMILES string of the molecule is CN(C)c1cccc2c(S(=O)(=O)N3CCC[C@H]3C(=O)N[C@@H](CCC(N)=O)C(=O)N[C@@H](CCCN=C(N)N)C(N)=O)cccc12. The maximum absolute atomic E-state index is 14.0. The van der Waals surface area contributed by atoms with Gasteiger partial charge in [-0.2, -0.15) is 4.31 Å². The summed E-state index contributed by atoms with van der Waals surface area (Å²) in [5.74, 6) is -3.14. The number of hydrogen-bond donors (Lipinski definition) is 6. The number of primary amides is 2. The molecule has 4 amide bonds. The number of nitrogens with zero attached hydrogens (tertiary/aromatic N) is 3. The molecule has 1 saturated heterocycles. The molecule has 0 aliphatic carbocycles. The van der Waals surface area contributed by atoms with Gasteiger partial charge in [-0.15, -0.1) is 0 Å². The number of nitrogens with two attached hydrogens (primary N) is 4. The van der Waals surface area contributed by atoms with Crippen LogP contribution in [0.5, 0.6) is 0 Å². The minimum atomic E-state index is -4.14. The molecule has 2 aromatic carbocycles. The van der Waals surface area contributed by atoms with E-state index >= 15 is 0 Å². The number of rotatable bonds is 15. The number of guanidine groups is 1. The van der Waals surface area contributed by atoms with Gasteiger partial charge in [0.25, 0.3) is 0 Å². The van der Waals surface area contributed by atoms with Crippen LogP contribution < -0.4 is 38.5 Å². The molecule has 3 rings (SSSR count). The van der Waals surface area contributed by atoms with Crippen LogP contribution in [-0.4, -0.2) is 87.6 Å². The summed E-state index contributed by atoms with van der Waals surface area (Å²) >= 11 is 0. The molecule has 1 heterocycles. The van der Waals surface area contributed by atoms with E-state index in [1.807, 2.05) is 31.1 Å². The number of nitrogens with one attached hydrogen (secondary N) is 2. The molecule has 0 radical (unpaired) electrons. The number of carbonyl (C=O) groups excluding carboxylic acids is 4. The zero-order chi connectivity index (χ0) is 32.6. The fourth-order valence-electron chi connectivity index (χ4n) is 5.18. The Bertz CT molecular complexity index is 1520. The Kier molecular flexibility index (Phi) is 11.5. The second-order valence-corrected chi connectivity index (χ2v) is 12.6. The molecule has 10 N–H and O–H groups in total. The first-order valence-corrected chi connectivity index (χ1v) is 15.6. The Balaban J connectivity index is 1.83. The van der Waals surface area contributed by atoms with Crippen LogP contribution in [0.25, 0.3) is 10.8 Å². The summed E-state index contributed by atoms with van der Waals surface area (Å²) in [5.41, 5.74) is 22.2. The van der Waals surface area contributed by atoms with Crippen molar-refractivity contribution in [3.8, 4) is 0 Å². The molecule has 1 fully saturated rings. The van der Waals surface area contributed by atoms with Crippen molar-refractivity contribution < 1.29 is 27.6 Å². The van der Waals surface area contributed by atoms with Crippen molar-refractivity contribution in [1.82, 2.24) is 14.9 Å². The first-order valence-electron chi connectivity index (χ1n) is 14.2. The number of hydrogen-bond acceptors (Lipinski definition) is 8. The third kappa shape index (κ3) is 8.35. The molecule has 1 aliphatic rings. The van der Waals surface area contributed by atoms with E-state index < -0.39 is 51.8 Å². The van der Waals surface area contributed by atoms with E-state index in [4.69, 9.17) is 22.9 Å². The second kappa shape index (κ2) is 14.8. The molecule has 0 unspecified atom stereocenters. The standard InChI is InChI=1S/C28H41N9O6S/c1-36(2)21-10-3-8-18-17(21)7-4-12-23(18)44(42,43)37-16-6-11-22(37)27(41)35-20(13-14-24(29)38)26(40)34-19(25(30)39)9-5-15-33-28(31)32/h3-4,7-8,10,12,19-20,22H,5-6,9,11,13-16H2,1-2H3,(H2,29,38)(H2,30,39)(H,34,40)(H,35,41)(H4,31,32,33)/t19-,20-,22-/m0/s1. The van der Waals surface area contributed by atoms with E-state index in [2.05, 4.69) is 15.6 Å². The molecule has 16 heteroatoms. The molecule has 2 aromatic rings. The first-order chi connectivity index (χ1) is 20.7. The molecule has 3 atom stereocenters. The van der Waals surface area contributed by atoms with E-state index in [1.165, 1.54) is 6.07 Å². The number of amides is 4. The molecular formula is C28H41N9O6S. The van der Waals surface area contributed by atoms with Gasteiger partial charge in [0.05, 0.1) is 4.90 Å². The highest BCUT2D eigenvalue weighted by Gasteiger charge is 2.41. The molecule has 44 heavy (non-hydrogen) atoms. The third-order valence-corrected chi connectivity index (χ3v) is 9.32. The fourth-order valence-corrected chi connectivity index (χ4v) is 7.05. The smallest absolute Gasteiger partial charge is 0.244 e. The van der Waals surface area contributed by atoms with Crippen molar-refractivity contribution in [2.75, 3.05) is 32.1 Å². The molecule has 0 spiro atoms. The molecule has 15 nitrogen and oxygen atoms in total. The van der Waals surface area contributed by atoms with E-state index in [0.717, 1.165) is 15.4 Å². The second-order valence-electron chi connectivity index (χ2n) is 10.8. The number of carbonyl (C=O) groups is 4. The lowest BCUT2D eigenvalue weighted by molar-refractivity contribution is -0.133. The van der Waals surface area contributed by atoms with Crippen molar-refractivity contribution in [3.63, 3.8) is 0 Å². The maximum Gasteiger partial charge on any atom is 0.244 e. The van der Waals surface area contributed by atoms with Crippen molar-refractivity contribution >= 4 is 56.1 Å². The molecule has 1 aliphatic heterocycles. The number of fused-ring (bicyclic) bond motifs is 1. The number of sulfonamides is 1. The van der Waals surface area contributed by atoms with Gasteiger partial charge in [-0.3, -0.25) is 24.2 Å². The van der Waals surface area contributed by atoms with Gasteiger partial charge in [-0.1, -0.05) is 24.3 Å². The van der Waals surface area contributed by atoms with E-state index in [-0.39, 0.29) is 49.6 Å². The Hall–Kier alpha value is -4.44. The minimum Gasteiger partial charge on any atom is -0.377 e. The number of aliphatic imine (C=N–C) groups is 1. The van der Waals surface area contributed by atoms with Crippen molar-refractivity contribution in [3.05, 3.63) is 36.4 Å². The highest BCUT2D eigenvalue weighted by molar-refractivity contribution is 7.89. The summed E-state index contributed by atoms with van der Waals surface area (Å²) < 4.78 is 29.1. The molecule has 240 valence electrons. The van der Waals surface area contributed by atoms with Crippen LogP contribution in [0, 0.1) is 0 Å². The summed E-state index contributed by atoms with van der Waals surface area (Å²) in [7, 11) is -0.421. The summed E-state index contributed by atoms with van der Waals surface area (Å²) in [6.45, 7) is 0.296. The largest absolute Gasteiger partial charge is 0.377 e. The van der Waals surface area contributed by atoms with Crippen LogP contribution in [0.1, 0.15) is 38.5 Å². The van der Waals surface area contributed by atoms with E-state index in [9.17, 15) is 27.6 Å². The van der Waals surface area contributed by atoms with Crippen LogP contribution in [0.4, 0.5) is 5.69 Å². The Morgan fingerprint density at radius 2 is 1.66 bits per heavy atom. The summed E-state index contributed by atoms with van der Waals surface area (Å²) in [5, 5.41) is 6.33. The Labute approximate surface area is 256 Å². The Morgan fingerprint density at radius 1 is 0.977 bits per heavy atom. The monoisotopic (exact) mass is 631 g/mol. The van der Waals surface area contributed by atoms with E-state index in [0.29, 0.717) is 18.2 Å². The zero-order valence-corrected chi connectivity index (χ0v) is 25.7. The lowest BCUT2D eigenvalue weighted by Gasteiger charge is -2.27. The first kappa shape index (κ1) is 34.1. The molecule has 0 saturated carbocycles. The van der Waals surface area contributed by atoms with Crippen LogP contribution in [0.3, 0.4) is 0 Å². The van der Waals surface area contributed by atoms with E-state index in [1.54, 1.807) is 18.2 Å². The van der Waals surface area contributed by atoms with Gasteiger partial charge in [0.15, 0.2) is 5.96 Å². The molecule has 0 aromatic heterocycles. The lowest BCUT2D eigenvalue weighted by atomic mass is 10.1. The summed E-state index contributed by atoms with van der Waals surface area (Å²) in [4.78, 5) is 56.0. The van der Waals surface area contributed by atoms with Crippen molar-refractivity contribution in [2.45, 2.75) is 61.5 Å². The van der Waals surface area contributed by atoms with Gasteiger partial charge in [0.2, 0.25) is 33.7 Å². The highest BCUT2D eigenvalue weighted by atomic mass is 32.2. The van der Waals surface area contributed by atoms with Gasteiger partial charge in [0, 0.05) is 50.1 Å². The highest BCUT2D eigenvalue weighted by Crippen LogP contribution is 2.34. The predicted molar refractivity (Wildman–Crippen MR) is 167 cm³/mol. The van der Waals surface area contributed by atoms with Crippen molar-refractivity contribution in [2.24, 2.45) is 27.9 Å². The third-order valence-electron chi connectivity index (χ3n) is 7.35. The number of benzene rings is 2. The average molecular weight is 632 g/mol. The summed E-state index contributed by atoms with van der Waals surface area (Å²) in [6, 6.07) is 6.86. The van der Waals surface area contributed by atoms with Crippen LogP contribution >= 0.6 is 0 Å². The van der Waals surface area contributed by atoms with Gasteiger partial charge in [-0.05, 0) is 44.2 Å². The van der Waals surface area contributed by atoms with Crippen LogP contribution in [0.2, 0.25) is 0 Å². The lowest BCUT2D eigenvalue weighted by Crippen LogP contribution is -2.56. The minimum absolute atomic E-state index is 0.0615. The topological polar surface area (TPSA) is 249 Å². The normalized spacial score (nSPS) is 16.5. The van der Waals surface area contributed by atoms with Gasteiger partial charge < -0.3 is 38.5 Å². The maximum atomic E-state index is 14.0. The average Bonchev–Trinajstić information content (AvgIpc) is 3.47. The van der Waals surface area contributed by atoms with Crippen LogP contribution in [0.15, 0.2) is 46.3 Å². The Morgan fingerprint density at radius 3 is 2.30 bits per heavy atom. The summed E-state index contributed by atoms with van der Waals surface area (Å²) in [6.07, 6.45) is 0.649. The molecular weight excluding hydrogens is 590 g/mol. The quantitative estimate of drug-likeness (QED) is 0.0786.